The first-order chi connectivity index (χ1) is 13.1. The first kappa shape index (κ1) is 21.6. The van der Waals surface area contributed by atoms with Gasteiger partial charge in [-0.05, 0) is 52.0 Å². The number of hydrogen-bond donors (Lipinski definition) is 1. The maximum absolute atomic E-state index is 12.1. The van der Waals surface area contributed by atoms with Crippen LogP contribution >= 0.6 is 0 Å². The van der Waals surface area contributed by atoms with Crippen LogP contribution in [0, 0.1) is 0 Å². The van der Waals surface area contributed by atoms with E-state index in [1.54, 1.807) is 76.2 Å². The maximum atomic E-state index is 12.1. The minimum absolute atomic E-state index is 0.0344. The fraction of sp³-hybridized carbons (Fsp3) is 0.364. The molecule has 0 saturated carbocycles. The van der Waals surface area contributed by atoms with Crippen LogP contribution in [-0.2, 0) is 9.47 Å². The van der Waals surface area contributed by atoms with E-state index in [2.05, 4.69) is 0 Å². The Hall–Kier alpha value is -2.70. The number of benzene rings is 2. The van der Waals surface area contributed by atoms with Gasteiger partial charge < -0.3 is 14.7 Å². The fourth-order valence-corrected chi connectivity index (χ4v) is 2.74. The van der Waals surface area contributed by atoms with E-state index in [9.17, 15) is 14.8 Å². The van der Waals surface area contributed by atoms with E-state index in [1.807, 2.05) is 12.1 Å². The fourth-order valence-electron chi connectivity index (χ4n) is 2.74. The SMILES string of the molecule is CC(C)(COC(=O)c1ccccc1)N(O)C(C)(C)COC(=O)c1ccccc1. The third-order valence-corrected chi connectivity index (χ3v) is 4.28. The summed E-state index contributed by atoms with van der Waals surface area (Å²) in [5, 5.41) is 11.8. The lowest BCUT2D eigenvalue weighted by atomic mass is 9.97. The van der Waals surface area contributed by atoms with Crippen molar-refractivity contribution in [3.8, 4) is 0 Å². The monoisotopic (exact) mass is 385 g/mol. The van der Waals surface area contributed by atoms with Crippen molar-refractivity contribution >= 4 is 11.9 Å². The van der Waals surface area contributed by atoms with Crippen molar-refractivity contribution in [1.82, 2.24) is 5.06 Å². The van der Waals surface area contributed by atoms with Crippen molar-refractivity contribution in [2.75, 3.05) is 13.2 Å². The molecule has 0 heterocycles. The lowest BCUT2D eigenvalue weighted by molar-refractivity contribution is -0.239. The molecule has 1 N–H and O–H groups in total. The third kappa shape index (κ3) is 5.65. The zero-order valence-corrected chi connectivity index (χ0v) is 16.7. The van der Waals surface area contributed by atoms with Crippen molar-refractivity contribution in [2.45, 2.75) is 38.8 Å². The highest BCUT2D eigenvalue weighted by Gasteiger charge is 2.39. The van der Waals surface area contributed by atoms with Crippen molar-refractivity contribution in [1.29, 1.82) is 0 Å². The molecule has 0 fully saturated rings. The van der Waals surface area contributed by atoms with Crippen LogP contribution in [0.5, 0.6) is 0 Å². The topological polar surface area (TPSA) is 76.1 Å². The Labute approximate surface area is 165 Å². The average molecular weight is 385 g/mol. The van der Waals surface area contributed by atoms with Gasteiger partial charge in [-0.25, -0.2) is 9.59 Å². The zero-order valence-electron chi connectivity index (χ0n) is 16.7. The van der Waals surface area contributed by atoms with Crippen LogP contribution in [-0.4, -0.2) is 46.5 Å². The number of ether oxygens (including phenoxy) is 2. The summed E-state index contributed by atoms with van der Waals surface area (Å²) in [6.45, 7) is 6.90. The minimum atomic E-state index is -0.896. The smallest absolute Gasteiger partial charge is 0.338 e. The Morgan fingerprint density at radius 2 is 1.07 bits per heavy atom. The molecule has 0 aliphatic rings. The number of hydrogen-bond acceptors (Lipinski definition) is 6. The molecule has 0 aliphatic heterocycles. The summed E-state index contributed by atoms with van der Waals surface area (Å²) in [7, 11) is 0. The summed E-state index contributed by atoms with van der Waals surface area (Å²) in [5.74, 6) is -0.925. The van der Waals surface area contributed by atoms with Gasteiger partial charge in [0.05, 0.1) is 22.2 Å². The van der Waals surface area contributed by atoms with Crippen LogP contribution in [0.1, 0.15) is 48.4 Å². The van der Waals surface area contributed by atoms with Gasteiger partial charge in [-0.3, -0.25) is 0 Å². The molecule has 0 atom stereocenters. The van der Waals surface area contributed by atoms with Gasteiger partial charge >= 0.3 is 11.9 Å². The molecule has 0 unspecified atom stereocenters. The third-order valence-electron chi connectivity index (χ3n) is 4.28. The number of hydroxylamine groups is 2. The first-order valence-corrected chi connectivity index (χ1v) is 9.07. The number of esters is 2. The standard InChI is InChI=1S/C22H27NO5/c1-21(2,15-27-19(24)17-11-7-5-8-12-17)23(26)22(3,4)16-28-20(25)18-13-9-6-10-14-18/h5-14,26H,15-16H2,1-4H3. The Bertz CT molecular complexity index is 720. The molecular formula is C22H27NO5. The number of rotatable bonds is 8. The molecule has 2 aromatic rings. The summed E-state index contributed by atoms with van der Waals surface area (Å²) >= 11 is 0. The van der Waals surface area contributed by atoms with Crippen LogP contribution < -0.4 is 0 Å². The lowest BCUT2D eigenvalue weighted by Crippen LogP contribution is -2.58. The van der Waals surface area contributed by atoms with Crippen molar-refractivity contribution in [3.63, 3.8) is 0 Å². The number of nitrogens with zero attached hydrogens (tertiary/aromatic N) is 1. The van der Waals surface area contributed by atoms with Crippen molar-refractivity contribution in [3.05, 3.63) is 71.8 Å². The van der Waals surface area contributed by atoms with Gasteiger partial charge in [0, 0.05) is 0 Å². The maximum Gasteiger partial charge on any atom is 0.338 e. The van der Waals surface area contributed by atoms with E-state index >= 15 is 0 Å². The van der Waals surface area contributed by atoms with E-state index in [4.69, 9.17) is 9.47 Å². The molecule has 0 bridgehead atoms. The van der Waals surface area contributed by atoms with Gasteiger partial charge in [0.2, 0.25) is 0 Å². The highest BCUT2D eigenvalue weighted by atomic mass is 16.6. The van der Waals surface area contributed by atoms with Crippen LogP contribution in [0.4, 0.5) is 0 Å². The Balaban J connectivity index is 1.94. The molecule has 0 aromatic heterocycles. The van der Waals surface area contributed by atoms with E-state index in [0.29, 0.717) is 11.1 Å². The van der Waals surface area contributed by atoms with Crippen LogP contribution in [0.25, 0.3) is 0 Å². The molecule has 28 heavy (non-hydrogen) atoms. The molecule has 2 aromatic carbocycles. The van der Waals surface area contributed by atoms with E-state index in [-0.39, 0.29) is 13.2 Å². The molecule has 2 rings (SSSR count). The van der Waals surface area contributed by atoms with E-state index in [0.717, 1.165) is 5.06 Å². The molecular weight excluding hydrogens is 358 g/mol. The molecule has 0 aliphatic carbocycles. The molecule has 0 amide bonds. The van der Waals surface area contributed by atoms with Crippen LogP contribution in [0.3, 0.4) is 0 Å². The average Bonchev–Trinajstić information content (AvgIpc) is 2.71. The highest BCUT2D eigenvalue weighted by Crippen LogP contribution is 2.24. The minimum Gasteiger partial charge on any atom is -0.460 e. The van der Waals surface area contributed by atoms with Crippen LogP contribution in [0.15, 0.2) is 60.7 Å². The second-order valence-electron chi connectivity index (χ2n) is 7.82. The predicted molar refractivity (Wildman–Crippen MR) is 105 cm³/mol. The zero-order chi connectivity index (χ0) is 20.8. The van der Waals surface area contributed by atoms with Crippen molar-refractivity contribution in [2.24, 2.45) is 0 Å². The molecule has 0 radical (unpaired) electrons. The molecule has 6 heteroatoms. The quantitative estimate of drug-likeness (QED) is 0.548. The Kier molecular flexibility index (Phi) is 6.94. The van der Waals surface area contributed by atoms with E-state index < -0.39 is 23.0 Å². The first-order valence-electron chi connectivity index (χ1n) is 9.07. The molecule has 6 nitrogen and oxygen atoms in total. The summed E-state index contributed by atoms with van der Waals surface area (Å²) < 4.78 is 10.7. The van der Waals surface area contributed by atoms with E-state index in [1.165, 1.54) is 0 Å². The summed E-state index contributed by atoms with van der Waals surface area (Å²) in [6.07, 6.45) is 0. The number of carbonyl (C=O) groups excluding carboxylic acids is 2. The Morgan fingerprint density at radius 3 is 1.39 bits per heavy atom. The van der Waals surface area contributed by atoms with Gasteiger partial charge in [-0.15, -0.1) is 0 Å². The van der Waals surface area contributed by atoms with Crippen LogP contribution in [0.2, 0.25) is 0 Å². The number of carbonyl (C=O) groups is 2. The molecule has 150 valence electrons. The molecule has 0 saturated heterocycles. The second-order valence-corrected chi connectivity index (χ2v) is 7.82. The summed E-state index contributed by atoms with van der Waals surface area (Å²) in [5.41, 5.74) is -0.905. The second kappa shape index (κ2) is 8.99. The normalized spacial score (nSPS) is 11.9. The van der Waals surface area contributed by atoms with Gasteiger partial charge in [0.1, 0.15) is 13.2 Å². The summed E-state index contributed by atoms with van der Waals surface area (Å²) in [4.78, 5) is 24.3. The highest BCUT2D eigenvalue weighted by molar-refractivity contribution is 5.89. The van der Waals surface area contributed by atoms with Crippen molar-refractivity contribution < 1.29 is 24.3 Å². The largest absolute Gasteiger partial charge is 0.460 e. The van der Waals surface area contributed by atoms with Gasteiger partial charge in [-0.1, -0.05) is 36.4 Å². The lowest BCUT2D eigenvalue weighted by Gasteiger charge is -2.43. The summed E-state index contributed by atoms with van der Waals surface area (Å²) in [6, 6.07) is 17.3. The Morgan fingerprint density at radius 1 is 0.750 bits per heavy atom. The predicted octanol–water partition coefficient (Wildman–Crippen LogP) is 3.95. The molecule has 0 spiro atoms. The van der Waals surface area contributed by atoms with Gasteiger partial charge in [-0.2, -0.15) is 5.06 Å². The van der Waals surface area contributed by atoms with Gasteiger partial charge in [0.25, 0.3) is 0 Å². The van der Waals surface area contributed by atoms with Gasteiger partial charge in [0.15, 0.2) is 0 Å².